The molecule has 6 heteroatoms. The predicted octanol–water partition coefficient (Wildman–Crippen LogP) is 3.76. The van der Waals surface area contributed by atoms with E-state index < -0.39 is 0 Å². The summed E-state index contributed by atoms with van der Waals surface area (Å²) >= 11 is 7.41. The van der Waals surface area contributed by atoms with Crippen molar-refractivity contribution in [1.82, 2.24) is 15.3 Å². The molecule has 0 spiro atoms. The number of amides is 1. The third-order valence-corrected chi connectivity index (χ3v) is 5.00. The van der Waals surface area contributed by atoms with Gasteiger partial charge in [-0.1, -0.05) is 36.2 Å². The Morgan fingerprint density at radius 3 is 3.00 bits per heavy atom. The fourth-order valence-corrected chi connectivity index (χ4v) is 3.63. The lowest BCUT2D eigenvalue weighted by molar-refractivity contribution is -0.120. The Labute approximate surface area is 133 Å². The number of H-pyrrole nitrogens is 1. The zero-order valence-corrected chi connectivity index (χ0v) is 13.4. The Balaban J connectivity index is 1.64. The zero-order chi connectivity index (χ0) is 14.8. The molecule has 2 N–H and O–H groups in total. The van der Waals surface area contributed by atoms with E-state index in [2.05, 4.69) is 15.3 Å². The summed E-state index contributed by atoms with van der Waals surface area (Å²) in [5, 5.41) is 4.38. The van der Waals surface area contributed by atoms with Crippen molar-refractivity contribution in [3.63, 3.8) is 0 Å². The molecule has 2 aromatic rings. The van der Waals surface area contributed by atoms with Gasteiger partial charge in [0.25, 0.3) is 0 Å². The molecule has 0 unspecified atom stereocenters. The van der Waals surface area contributed by atoms with Crippen molar-refractivity contribution in [2.75, 3.05) is 0 Å². The maximum atomic E-state index is 12.2. The molecule has 1 saturated carbocycles. The van der Waals surface area contributed by atoms with Gasteiger partial charge in [-0.25, -0.2) is 4.98 Å². The van der Waals surface area contributed by atoms with Crippen LogP contribution in [0.5, 0.6) is 0 Å². The van der Waals surface area contributed by atoms with Crippen LogP contribution in [0.15, 0.2) is 23.4 Å². The van der Waals surface area contributed by atoms with Crippen LogP contribution in [0.1, 0.15) is 32.6 Å². The third kappa shape index (κ3) is 3.52. The summed E-state index contributed by atoms with van der Waals surface area (Å²) < 4.78 is 0. The molecule has 112 valence electrons. The molecule has 1 aromatic carbocycles. The zero-order valence-electron chi connectivity index (χ0n) is 11.9. The van der Waals surface area contributed by atoms with Crippen LogP contribution >= 0.6 is 23.4 Å². The minimum absolute atomic E-state index is 0.0883. The summed E-state index contributed by atoms with van der Waals surface area (Å²) in [5.74, 6) is 0.0883. The van der Waals surface area contributed by atoms with E-state index in [9.17, 15) is 4.79 Å². The van der Waals surface area contributed by atoms with Gasteiger partial charge in [-0.15, -0.1) is 0 Å². The van der Waals surface area contributed by atoms with E-state index in [4.69, 9.17) is 11.6 Å². The van der Waals surface area contributed by atoms with Gasteiger partial charge in [-0.2, -0.15) is 0 Å². The number of rotatable bonds is 4. The number of imidazole rings is 1. The van der Waals surface area contributed by atoms with E-state index in [1.807, 2.05) is 25.1 Å². The number of carbonyl (C=O) groups is 1. The maximum absolute atomic E-state index is 12.2. The number of thioether (sulfide) groups is 1. The third-order valence-electron chi connectivity index (χ3n) is 3.78. The van der Waals surface area contributed by atoms with Gasteiger partial charge < -0.3 is 10.3 Å². The predicted molar refractivity (Wildman–Crippen MR) is 86.8 cm³/mol. The molecule has 1 heterocycles. The number of nitrogens with zero attached hydrogens (tertiary/aromatic N) is 1. The highest BCUT2D eigenvalue weighted by Gasteiger charge is 2.22. The van der Waals surface area contributed by atoms with Gasteiger partial charge in [0, 0.05) is 11.1 Å². The fraction of sp³-hybridized carbons (Fsp3) is 0.467. The number of hydrogen-bond acceptors (Lipinski definition) is 3. The lowest BCUT2D eigenvalue weighted by Gasteiger charge is -2.15. The summed E-state index contributed by atoms with van der Waals surface area (Å²) in [7, 11) is 0. The van der Waals surface area contributed by atoms with Crippen molar-refractivity contribution < 1.29 is 4.79 Å². The van der Waals surface area contributed by atoms with Gasteiger partial charge >= 0.3 is 0 Å². The molecule has 3 rings (SSSR count). The number of fused-ring (bicyclic) bond motifs is 1. The molecule has 4 nitrogen and oxygen atoms in total. The van der Waals surface area contributed by atoms with Gasteiger partial charge in [0.1, 0.15) is 0 Å². The highest BCUT2D eigenvalue weighted by Crippen LogP contribution is 2.26. The molecular weight excluding hydrogens is 306 g/mol. The van der Waals surface area contributed by atoms with Crippen LogP contribution < -0.4 is 5.32 Å². The van der Waals surface area contributed by atoms with Gasteiger partial charge in [0.05, 0.1) is 16.3 Å². The van der Waals surface area contributed by atoms with E-state index in [1.54, 1.807) is 0 Å². The number of nitrogens with one attached hydrogen (secondary N) is 2. The second-order valence-electron chi connectivity index (χ2n) is 5.45. The quantitative estimate of drug-likeness (QED) is 0.842. The molecule has 21 heavy (non-hydrogen) atoms. The molecule has 1 aliphatic rings. The Kier molecular flexibility index (Phi) is 4.40. The molecule has 1 aromatic heterocycles. The Bertz CT molecular complexity index is 651. The molecular formula is C15H18ClN3OS. The molecule has 1 atom stereocenters. The lowest BCUT2D eigenvalue weighted by atomic mass is 10.2. The van der Waals surface area contributed by atoms with Crippen molar-refractivity contribution in [1.29, 1.82) is 0 Å². The van der Waals surface area contributed by atoms with Crippen LogP contribution in [0.4, 0.5) is 0 Å². The van der Waals surface area contributed by atoms with E-state index in [0.717, 1.165) is 29.0 Å². The van der Waals surface area contributed by atoms with E-state index >= 15 is 0 Å². The normalized spacial score (nSPS) is 17.2. The van der Waals surface area contributed by atoms with Crippen LogP contribution in [0.25, 0.3) is 11.0 Å². The fourth-order valence-electron chi connectivity index (χ4n) is 2.62. The summed E-state index contributed by atoms with van der Waals surface area (Å²) in [5.41, 5.74) is 1.76. The highest BCUT2D eigenvalue weighted by molar-refractivity contribution is 8.00. The number of carbonyl (C=O) groups excluding carboxylic acids is 1. The maximum Gasteiger partial charge on any atom is 0.233 e. The topological polar surface area (TPSA) is 57.8 Å². The van der Waals surface area contributed by atoms with Crippen molar-refractivity contribution >= 4 is 40.3 Å². The number of hydrogen-bond donors (Lipinski definition) is 2. The largest absolute Gasteiger partial charge is 0.352 e. The van der Waals surface area contributed by atoms with E-state index in [-0.39, 0.29) is 11.2 Å². The smallest absolute Gasteiger partial charge is 0.233 e. The number of halogens is 1. The molecule has 1 fully saturated rings. The SMILES string of the molecule is C[C@H](Sc1nc2ccc(Cl)cc2[nH]1)C(=O)NC1CCCC1. The Morgan fingerprint density at radius 1 is 1.48 bits per heavy atom. The van der Waals surface area contributed by atoms with Crippen molar-refractivity contribution in [2.24, 2.45) is 0 Å². The molecule has 1 amide bonds. The van der Waals surface area contributed by atoms with Gasteiger partial charge in [-0.3, -0.25) is 4.79 Å². The van der Waals surface area contributed by atoms with Gasteiger partial charge in [0.15, 0.2) is 5.16 Å². The first-order valence-corrected chi connectivity index (χ1v) is 8.50. The second-order valence-corrected chi connectivity index (χ2v) is 7.22. The van der Waals surface area contributed by atoms with Crippen LogP contribution in [-0.2, 0) is 4.79 Å². The number of benzene rings is 1. The van der Waals surface area contributed by atoms with Crippen LogP contribution in [-0.4, -0.2) is 27.2 Å². The van der Waals surface area contributed by atoms with Crippen LogP contribution in [0, 0.1) is 0 Å². The Morgan fingerprint density at radius 2 is 2.24 bits per heavy atom. The molecule has 0 aliphatic heterocycles. The van der Waals surface area contributed by atoms with Gasteiger partial charge in [-0.05, 0) is 38.0 Å². The minimum atomic E-state index is -0.165. The number of aromatic nitrogens is 2. The average Bonchev–Trinajstić information content (AvgIpc) is 3.07. The first kappa shape index (κ1) is 14.7. The Hall–Kier alpha value is -1.20. The summed E-state index contributed by atoms with van der Waals surface area (Å²) in [6.45, 7) is 1.91. The summed E-state index contributed by atoms with van der Waals surface area (Å²) in [6.07, 6.45) is 4.64. The highest BCUT2D eigenvalue weighted by atomic mass is 35.5. The first-order chi connectivity index (χ1) is 10.1. The second kappa shape index (κ2) is 6.28. The minimum Gasteiger partial charge on any atom is -0.352 e. The van der Waals surface area contributed by atoms with Crippen molar-refractivity contribution in [2.45, 2.75) is 49.1 Å². The molecule has 1 aliphatic carbocycles. The first-order valence-electron chi connectivity index (χ1n) is 7.24. The molecule has 0 saturated heterocycles. The summed E-state index contributed by atoms with van der Waals surface area (Å²) in [4.78, 5) is 19.9. The lowest BCUT2D eigenvalue weighted by Crippen LogP contribution is -2.37. The van der Waals surface area contributed by atoms with Crippen LogP contribution in [0.3, 0.4) is 0 Å². The van der Waals surface area contributed by atoms with E-state index in [0.29, 0.717) is 11.1 Å². The summed E-state index contributed by atoms with van der Waals surface area (Å²) in [6, 6.07) is 5.89. The number of aromatic amines is 1. The molecule has 0 bridgehead atoms. The molecule has 0 radical (unpaired) electrons. The van der Waals surface area contributed by atoms with Crippen molar-refractivity contribution in [3.05, 3.63) is 23.2 Å². The van der Waals surface area contributed by atoms with E-state index in [1.165, 1.54) is 24.6 Å². The van der Waals surface area contributed by atoms with Gasteiger partial charge in [0.2, 0.25) is 5.91 Å². The van der Waals surface area contributed by atoms with Crippen molar-refractivity contribution in [3.8, 4) is 0 Å². The van der Waals surface area contributed by atoms with Crippen LogP contribution in [0.2, 0.25) is 5.02 Å². The standard InChI is InChI=1S/C15H18ClN3OS/c1-9(14(20)17-11-4-2-3-5-11)21-15-18-12-7-6-10(16)8-13(12)19-15/h6-9,11H,2-5H2,1H3,(H,17,20)(H,18,19)/t9-/m0/s1. The monoisotopic (exact) mass is 323 g/mol. The average molecular weight is 324 g/mol.